The van der Waals surface area contributed by atoms with Crippen LogP contribution in [0.25, 0.3) is 0 Å². The maximum absolute atomic E-state index is 14.3. The monoisotopic (exact) mass is 547 g/mol. The van der Waals surface area contributed by atoms with Gasteiger partial charge in [0.1, 0.15) is 11.3 Å². The Balaban J connectivity index is 1.42. The number of hydrogen-bond donors (Lipinski definition) is 0. The molecule has 0 saturated carbocycles. The fourth-order valence-electron chi connectivity index (χ4n) is 4.66. The van der Waals surface area contributed by atoms with E-state index in [9.17, 15) is 18.0 Å². The number of nitrogens with zero attached hydrogens (tertiary/aromatic N) is 3. The summed E-state index contributed by atoms with van der Waals surface area (Å²) in [6.45, 7) is 4.76. The lowest BCUT2D eigenvalue weighted by atomic mass is 9.84. The molecule has 2 aromatic rings. The molecule has 5 rings (SSSR count). The van der Waals surface area contributed by atoms with E-state index in [1.165, 1.54) is 0 Å². The smallest absolute Gasteiger partial charge is 0.374 e. The molecule has 35 heavy (non-hydrogen) atoms. The number of likely N-dealkylation sites (tertiary alicyclic amines) is 1. The van der Waals surface area contributed by atoms with Crippen molar-refractivity contribution in [2.75, 3.05) is 13.1 Å². The van der Waals surface area contributed by atoms with E-state index in [0.717, 1.165) is 23.3 Å². The van der Waals surface area contributed by atoms with Crippen molar-refractivity contribution in [2.45, 2.75) is 44.3 Å². The van der Waals surface area contributed by atoms with E-state index in [1.54, 1.807) is 17.2 Å². The summed E-state index contributed by atoms with van der Waals surface area (Å²) in [6.07, 6.45) is -3.87. The second-order valence-corrected chi connectivity index (χ2v) is 10.4. The van der Waals surface area contributed by atoms with Crippen LogP contribution in [0, 0.1) is 5.92 Å². The molecule has 4 heterocycles. The summed E-state index contributed by atoms with van der Waals surface area (Å²) >= 11 is 17.9. The highest BCUT2D eigenvalue weighted by Crippen LogP contribution is 2.51. The van der Waals surface area contributed by atoms with Gasteiger partial charge in [0, 0.05) is 23.2 Å². The molecule has 0 radical (unpaired) electrons. The fourth-order valence-corrected chi connectivity index (χ4v) is 5.26. The molecule has 1 amide bonds. The zero-order chi connectivity index (χ0) is 25.3. The average molecular weight is 549 g/mol. The summed E-state index contributed by atoms with van der Waals surface area (Å²) in [4.78, 5) is 23.4. The van der Waals surface area contributed by atoms with Crippen molar-refractivity contribution in [3.05, 3.63) is 61.8 Å². The van der Waals surface area contributed by atoms with E-state index in [2.05, 4.69) is 10.1 Å². The molecule has 186 valence electrons. The number of pyridine rings is 1. The van der Waals surface area contributed by atoms with E-state index in [0.29, 0.717) is 13.1 Å². The minimum absolute atomic E-state index is 0.0264. The molecule has 1 aromatic heterocycles. The number of benzene rings is 1. The SMILES string of the molecule is CC(C)C(=O)N1CC2(C1)OCc1cc(C3=NOC(c4cc(Cl)c(Cl)c(Cl)c4)(C(F)(F)F)C3)ncc12. The lowest BCUT2D eigenvalue weighted by Crippen LogP contribution is -2.62. The van der Waals surface area contributed by atoms with E-state index in [-0.39, 0.29) is 50.5 Å². The van der Waals surface area contributed by atoms with Gasteiger partial charge in [-0.05, 0) is 23.8 Å². The van der Waals surface area contributed by atoms with Gasteiger partial charge in [-0.15, -0.1) is 0 Å². The van der Waals surface area contributed by atoms with Crippen molar-refractivity contribution in [1.82, 2.24) is 9.88 Å². The van der Waals surface area contributed by atoms with Crippen molar-refractivity contribution in [3.8, 4) is 0 Å². The lowest BCUT2D eigenvalue weighted by molar-refractivity contribution is -0.275. The molecule has 0 aliphatic carbocycles. The molecule has 1 atom stereocenters. The first-order valence-electron chi connectivity index (χ1n) is 10.8. The highest BCUT2D eigenvalue weighted by Gasteiger charge is 2.63. The highest BCUT2D eigenvalue weighted by atomic mass is 35.5. The van der Waals surface area contributed by atoms with Crippen molar-refractivity contribution in [1.29, 1.82) is 0 Å². The minimum Gasteiger partial charge on any atom is -0.374 e. The van der Waals surface area contributed by atoms with Crippen molar-refractivity contribution in [3.63, 3.8) is 0 Å². The molecule has 12 heteroatoms. The zero-order valence-corrected chi connectivity index (χ0v) is 20.8. The Morgan fingerprint density at radius 2 is 1.80 bits per heavy atom. The fraction of sp³-hybridized carbons (Fsp3) is 0.435. The lowest BCUT2D eigenvalue weighted by Gasteiger charge is -2.48. The molecule has 1 saturated heterocycles. The van der Waals surface area contributed by atoms with Crippen LogP contribution in [0.2, 0.25) is 15.1 Å². The third-order valence-corrected chi connectivity index (χ3v) is 7.81. The summed E-state index contributed by atoms with van der Waals surface area (Å²) in [6, 6.07) is 3.82. The van der Waals surface area contributed by atoms with Crippen LogP contribution >= 0.6 is 34.8 Å². The van der Waals surface area contributed by atoms with Crippen molar-refractivity contribution >= 4 is 46.4 Å². The van der Waals surface area contributed by atoms with Gasteiger partial charge in [-0.2, -0.15) is 13.2 Å². The number of ether oxygens (including phenoxy) is 1. The van der Waals surface area contributed by atoms with Crippen LogP contribution < -0.4 is 0 Å². The van der Waals surface area contributed by atoms with Gasteiger partial charge in [-0.1, -0.05) is 53.8 Å². The standard InChI is InChI=1S/C23H19Cl3F3N3O3/c1-11(2)20(33)32-9-21(10-32)14-7-30-17(3-12(14)8-34-21)18-6-22(35-31-18,23(27,28)29)13-4-15(24)19(26)16(25)5-13/h3-5,7,11H,6,8-10H2,1-2H3. The Labute approximate surface area is 213 Å². The molecule has 0 N–H and O–H groups in total. The summed E-state index contributed by atoms with van der Waals surface area (Å²) < 4.78 is 48.9. The highest BCUT2D eigenvalue weighted by molar-refractivity contribution is 6.48. The van der Waals surface area contributed by atoms with Crippen LogP contribution in [-0.2, 0) is 32.2 Å². The normalized spacial score (nSPS) is 22.8. The summed E-state index contributed by atoms with van der Waals surface area (Å²) in [5, 5.41) is 3.45. The quantitative estimate of drug-likeness (QED) is 0.452. The summed E-state index contributed by atoms with van der Waals surface area (Å²) in [7, 11) is 0. The summed E-state index contributed by atoms with van der Waals surface area (Å²) in [5.74, 6) is -0.0750. The number of carbonyl (C=O) groups excluding carboxylic acids is 1. The second-order valence-electron chi connectivity index (χ2n) is 9.24. The number of hydrogen-bond acceptors (Lipinski definition) is 5. The van der Waals surface area contributed by atoms with Crippen LogP contribution in [0.5, 0.6) is 0 Å². The van der Waals surface area contributed by atoms with Gasteiger partial charge in [0.2, 0.25) is 5.91 Å². The second kappa shape index (κ2) is 8.23. The van der Waals surface area contributed by atoms with Gasteiger partial charge >= 0.3 is 6.18 Å². The van der Waals surface area contributed by atoms with Crippen molar-refractivity contribution < 1.29 is 27.5 Å². The molecule has 3 aliphatic heterocycles. The third-order valence-electron chi connectivity index (χ3n) is 6.61. The predicted molar refractivity (Wildman–Crippen MR) is 124 cm³/mol. The number of carbonyl (C=O) groups is 1. The Morgan fingerprint density at radius 1 is 1.14 bits per heavy atom. The molecule has 1 unspecified atom stereocenters. The number of fused-ring (bicyclic) bond motifs is 2. The first kappa shape index (κ1) is 24.6. The molecular formula is C23H19Cl3F3N3O3. The number of aromatic nitrogens is 1. The van der Waals surface area contributed by atoms with Crippen LogP contribution in [0.3, 0.4) is 0 Å². The molecule has 0 bridgehead atoms. The first-order valence-corrected chi connectivity index (χ1v) is 11.9. The van der Waals surface area contributed by atoms with Gasteiger partial charge in [-0.3, -0.25) is 9.78 Å². The Hall–Kier alpha value is -2.07. The van der Waals surface area contributed by atoms with Crippen LogP contribution in [-0.4, -0.2) is 40.8 Å². The molecule has 6 nitrogen and oxygen atoms in total. The van der Waals surface area contributed by atoms with E-state index >= 15 is 0 Å². The molecular weight excluding hydrogens is 530 g/mol. The van der Waals surface area contributed by atoms with Gasteiger partial charge in [0.05, 0.1) is 46.9 Å². The van der Waals surface area contributed by atoms with E-state index in [1.807, 2.05) is 13.8 Å². The maximum atomic E-state index is 14.3. The first-order chi connectivity index (χ1) is 16.4. The van der Waals surface area contributed by atoms with Gasteiger partial charge in [-0.25, -0.2) is 0 Å². The topological polar surface area (TPSA) is 64.0 Å². The summed E-state index contributed by atoms with van der Waals surface area (Å²) in [5.41, 5.74) is -1.84. The van der Waals surface area contributed by atoms with Gasteiger partial charge in [0.25, 0.3) is 5.60 Å². The predicted octanol–water partition coefficient (Wildman–Crippen LogP) is 5.85. The molecule has 1 spiro atoms. The number of amides is 1. The third kappa shape index (κ3) is 3.79. The number of alkyl halides is 3. The van der Waals surface area contributed by atoms with Gasteiger partial charge < -0.3 is 14.5 Å². The Morgan fingerprint density at radius 3 is 2.40 bits per heavy atom. The number of halogens is 6. The Kier molecular flexibility index (Phi) is 5.79. The van der Waals surface area contributed by atoms with Gasteiger partial charge in [0.15, 0.2) is 0 Å². The minimum atomic E-state index is -4.83. The Bertz CT molecular complexity index is 1240. The molecule has 3 aliphatic rings. The van der Waals surface area contributed by atoms with Crippen molar-refractivity contribution in [2.24, 2.45) is 11.1 Å². The van der Waals surface area contributed by atoms with Crippen LogP contribution in [0.1, 0.15) is 42.7 Å². The number of oxime groups is 1. The largest absolute Gasteiger partial charge is 0.435 e. The average Bonchev–Trinajstić information content (AvgIpc) is 3.38. The zero-order valence-electron chi connectivity index (χ0n) is 18.5. The molecule has 1 aromatic carbocycles. The molecule has 1 fully saturated rings. The maximum Gasteiger partial charge on any atom is 0.435 e. The number of rotatable bonds is 3. The van der Waals surface area contributed by atoms with E-state index in [4.69, 9.17) is 44.4 Å². The van der Waals surface area contributed by atoms with Crippen LogP contribution in [0.4, 0.5) is 13.2 Å². The van der Waals surface area contributed by atoms with Crippen LogP contribution in [0.15, 0.2) is 29.6 Å². The van der Waals surface area contributed by atoms with E-state index < -0.39 is 23.8 Å².